The molecule has 1 amide bonds. The molecule has 1 N–H and O–H groups in total. The molecular formula is C23H26ClN5O3. The molecule has 2 fully saturated rings. The Hall–Kier alpha value is -3.05. The highest BCUT2D eigenvalue weighted by Gasteiger charge is 2.58. The molecule has 2 unspecified atom stereocenters. The summed E-state index contributed by atoms with van der Waals surface area (Å²) in [6.07, 6.45) is 3.04. The maximum atomic E-state index is 12.2. The van der Waals surface area contributed by atoms with Crippen molar-refractivity contribution in [3.8, 4) is 11.9 Å². The predicted octanol–water partition coefficient (Wildman–Crippen LogP) is 4.69. The molecule has 32 heavy (non-hydrogen) atoms. The molecule has 2 aliphatic rings. The Morgan fingerprint density at radius 3 is 2.94 bits per heavy atom. The van der Waals surface area contributed by atoms with E-state index in [1.165, 1.54) is 6.33 Å². The second kappa shape index (κ2) is 8.83. The minimum absolute atomic E-state index is 0.0933. The Balaban J connectivity index is 1.38. The third-order valence-electron chi connectivity index (χ3n) is 6.16. The van der Waals surface area contributed by atoms with Crippen LogP contribution in [0.3, 0.4) is 0 Å². The minimum atomic E-state index is -0.231. The summed E-state index contributed by atoms with van der Waals surface area (Å²) in [6.45, 7) is 7.56. The molecule has 168 valence electrons. The van der Waals surface area contributed by atoms with Crippen molar-refractivity contribution in [2.75, 3.05) is 25.0 Å². The number of piperidine rings is 1. The number of nitriles is 1. The molecule has 4 rings (SSSR count). The second-order valence-corrected chi connectivity index (χ2v) is 9.17. The number of hydrogen-bond donors (Lipinski definition) is 1. The van der Waals surface area contributed by atoms with Gasteiger partial charge in [0.25, 0.3) is 0 Å². The van der Waals surface area contributed by atoms with E-state index in [4.69, 9.17) is 26.3 Å². The number of nitrogens with one attached hydrogen (secondary N) is 1. The lowest BCUT2D eigenvalue weighted by molar-refractivity contribution is 0.0586. The number of nitrogens with zero attached hydrogens (tertiary/aromatic N) is 4. The fourth-order valence-corrected chi connectivity index (χ4v) is 4.36. The zero-order valence-electron chi connectivity index (χ0n) is 18.4. The Bertz CT molecular complexity index is 1070. The van der Waals surface area contributed by atoms with Gasteiger partial charge in [-0.25, -0.2) is 14.8 Å². The van der Waals surface area contributed by atoms with Crippen LogP contribution in [-0.2, 0) is 4.74 Å². The molecule has 1 aromatic heterocycles. The maximum Gasteiger partial charge on any atom is 0.410 e. The van der Waals surface area contributed by atoms with E-state index in [2.05, 4.69) is 21.4 Å². The minimum Gasteiger partial charge on any atom is -0.477 e. The van der Waals surface area contributed by atoms with E-state index < -0.39 is 0 Å². The van der Waals surface area contributed by atoms with Gasteiger partial charge in [0.15, 0.2) is 0 Å². The van der Waals surface area contributed by atoms with E-state index in [0.29, 0.717) is 53.6 Å². The largest absolute Gasteiger partial charge is 0.477 e. The number of ether oxygens (including phenoxy) is 2. The molecule has 2 atom stereocenters. The zero-order valence-corrected chi connectivity index (χ0v) is 19.1. The number of carbonyl (C=O) groups is 1. The summed E-state index contributed by atoms with van der Waals surface area (Å²) >= 11 is 6.27. The monoisotopic (exact) mass is 455 g/mol. The van der Waals surface area contributed by atoms with Gasteiger partial charge < -0.3 is 19.7 Å². The van der Waals surface area contributed by atoms with Gasteiger partial charge in [0.05, 0.1) is 40.6 Å². The Morgan fingerprint density at radius 2 is 2.25 bits per heavy atom. The molecule has 1 aliphatic heterocycles. The summed E-state index contributed by atoms with van der Waals surface area (Å²) in [5.41, 5.74) is 2.01. The summed E-state index contributed by atoms with van der Waals surface area (Å²) < 4.78 is 11.4. The van der Waals surface area contributed by atoms with Crippen LogP contribution in [0, 0.1) is 29.6 Å². The van der Waals surface area contributed by atoms with Crippen LogP contribution in [-0.4, -0.2) is 46.8 Å². The molecule has 1 saturated carbocycles. The number of hydrogen-bond acceptors (Lipinski definition) is 7. The number of amides is 1. The number of anilines is 2. The molecule has 8 nitrogen and oxygen atoms in total. The summed E-state index contributed by atoms with van der Waals surface area (Å²) in [6, 6.07) is 7.11. The Labute approximate surface area is 192 Å². The van der Waals surface area contributed by atoms with E-state index >= 15 is 0 Å². The molecule has 0 spiro atoms. The van der Waals surface area contributed by atoms with Crippen LogP contribution in [0.5, 0.6) is 5.88 Å². The number of carbonyl (C=O) groups excluding carboxylic acids is 1. The lowest BCUT2D eigenvalue weighted by Gasteiger charge is -2.31. The number of halogens is 1. The van der Waals surface area contributed by atoms with Gasteiger partial charge in [0.1, 0.15) is 12.1 Å². The maximum absolute atomic E-state index is 12.2. The van der Waals surface area contributed by atoms with E-state index in [1.54, 1.807) is 23.1 Å². The highest BCUT2D eigenvalue weighted by molar-refractivity contribution is 6.33. The van der Waals surface area contributed by atoms with Crippen molar-refractivity contribution in [3.05, 3.63) is 40.7 Å². The molecule has 1 aliphatic carbocycles. The van der Waals surface area contributed by atoms with E-state index in [-0.39, 0.29) is 17.6 Å². The molecule has 9 heteroatoms. The van der Waals surface area contributed by atoms with Crippen LogP contribution < -0.4 is 10.1 Å². The van der Waals surface area contributed by atoms with Crippen LogP contribution >= 0.6 is 11.6 Å². The van der Waals surface area contributed by atoms with Gasteiger partial charge >= 0.3 is 6.09 Å². The van der Waals surface area contributed by atoms with Gasteiger partial charge in [0, 0.05) is 18.5 Å². The van der Waals surface area contributed by atoms with Gasteiger partial charge in [-0.1, -0.05) is 11.6 Å². The van der Waals surface area contributed by atoms with Crippen LogP contribution in [0.15, 0.2) is 24.5 Å². The van der Waals surface area contributed by atoms with Crippen molar-refractivity contribution < 1.29 is 14.3 Å². The lowest BCUT2D eigenvalue weighted by Crippen LogP contribution is -2.41. The molecule has 1 saturated heterocycles. The van der Waals surface area contributed by atoms with Crippen LogP contribution in [0.2, 0.25) is 5.02 Å². The van der Waals surface area contributed by atoms with E-state index in [9.17, 15) is 4.79 Å². The molecule has 0 radical (unpaired) electrons. The fraction of sp³-hybridized carbons (Fsp3) is 0.478. The van der Waals surface area contributed by atoms with E-state index in [0.717, 1.165) is 18.4 Å². The number of benzene rings is 1. The Kier molecular flexibility index (Phi) is 6.11. The standard InChI is InChI=1S/C23H26ClN5O3/c1-14(2)32-22(30)29-7-6-23(9-17(23)11-29)12-31-21-15(3)20(26-13-27-21)28-19-5-4-16(10-25)8-18(19)24/h4-5,8,13-14,17H,6-7,9,11-12H2,1-3H3,(H,26,27,28). The van der Waals surface area contributed by atoms with Gasteiger partial charge in [-0.3, -0.25) is 0 Å². The number of fused-ring (bicyclic) bond motifs is 1. The van der Waals surface area contributed by atoms with Crippen molar-refractivity contribution in [1.29, 1.82) is 5.26 Å². The topological polar surface area (TPSA) is 100 Å². The average molecular weight is 456 g/mol. The normalized spacial score (nSPS) is 21.5. The SMILES string of the molecule is Cc1c(Nc2ccc(C#N)cc2Cl)ncnc1OCC12CCN(C(=O)OC(C)C)CC1C2. The predicted molar refractivity (Wildman–Crippen MR) is 120 cm³/mol. The van der Waals surface area contributed by atoms with Crippen molar-refractivity contribution in [1.82, 2.24) is 14.9 Å². The molecule has 2 heterocycles. The summed E-state index contributed by atoms with van der Waals surface area (Å²) in [7, 11) is 0. The van der Waals surface area contributed by atoms with Gasteiger partial charge in [-0.2, -0.15) is 5.26 Å². The quantitative estimate of drug-likeness (QED) is 0.674. The van der Waals surface area contributed by atoms with E-state index in [1.807, 2.05) is 20.8 Å². The van der Waals surface area contributed by atoms with Crippen molar-refractivity contribution in [3.63, 3.8) is 0 Å². The van der Waals surface area contributed by atoms with Crippen LogP contribution in [0.1, 0.15) is 37.8 Å². The van der Waals surface area contributed by atoms with Gasteiger partial charge in [-0.15, -0.1) is 0 Å². The first-order valence-corrected chi connectivity index (χ1v) is 11.1. The molecular weight excluding hydrogens is 430 g/mol. The number of aromatic nitrogens is 2. The van der Waals surface area contributed by atoms with Crippen molar-refractivity contribution in [2.45, 2.75) is 39.7 Å². The average Bonchev–Trinajstić information content (AvgIpc) is 3.49. The summed E-state index contributed by atoms with van der Waals surface area (Å²) in [5, 5.41) is 12.6. The van der Waals surface area contributed by atoms with Crippen LogP contribution in [0.25, 0.3) is 0 Å². The summed E-state index contributed by atoms with van der Waals surface area (Å²) in [4.78, 5) is 22.6. The first-order chi connectivity index (χ1) is 15.3. The van der Waals surface area contributed by atoms with Crippen LogP contribution in [0.4, 0.5) is 16.3 Å². The first kappa shape index (κ1) is 22.2. The second-order valence-electron chi connectivity index (χ2n) is 8.76. The zero-order chi connectivity index (χ0) is 22.9. The molecule has 2 aromatic rings. The highest BCUT2D eigenvalue weighted by atomic mass is 35.5. The van der Waals surface area contributed by atoms with Crippen molar-refractivity contribution in [2.24, 2.45) is 11.3 Å². The molecule has 1 aromatic carbocycles. The third kappa shape index (κ3) is 4.58. The number of rotatable bonds is 6. The lowest BCUT2D eigenvalue weighted by atomic mass is 9.96. The smallest absolute Gasteiger partial charge is 0.410 e. The first-order valence-electron chi connectivity index (χ1n) is 10.7. The highest BCUT2D eigenvalue weighted by Crippen LogP contribution is 2.58. The summed E-state index contributed by atoms with van der Waals surface area (Å²) in [5.74, 6) is 1.54. The Morgan fingerprint density at radius 1 is 1.44 bits per heavy atom. The van der Waals surface area contributed by atoms with Crippen molar-refractivity contribution >= 4 is 29.2 Å². The molecule has 0 bridgehead atoms. The number of likely N-dealkylation sites (tertiary alicyclic amines) is 1. The van der Waals surface area contributed by atoms with Gasteiger partial charge in [0.2, 0.25) is 5.88 Å². The fourth-order valence-electron chi connectivity index (χ4n) is 4.13. The third-order valence-corrected chi connectivity index (χ3v) is 6.47. The van der Waals surface area contributed by atoms with Gasteiger partial charge in [-0.05, 0) is 57.7 Å².